The zero-order chi connectivity index (χ0) is 8.39. The van der Waals surface area contributed by atoms with Gasteiger partial charge in [0.1, 0.15) is 0 Å². The maximum atomic E-state index is 3.17. The quantitative estimate of drug-likeness (QED) is 0.791. The van der Waals surface area contributed by atoms with Crippen LogP contribution in [0.15, 0.2) is 42.5 Å². The number of halogens is 1. The minimum Gasteiger partial charge on any atom is -0.388 e. The van der Waals surface area contributed by atoms with Crippen molar-refractivity contribution in [2.75, 3.05) is 12.4 Å². The second-order valence-electron chi connectivity index (χ2n) is 2.78. The zero-order valence-electron chi connectivity index (χ0n) is 7.45. The standard InChI is InChI=1S/C11H11N.HI/c1-12-11-8-4-6-9-5-2-3-7-10(9)11;/h2-8,12H,1H3;1H. The molecule has 0 saturated heterocycles. The molecule has 0 aliphatic carbocycles. The fourth-order valence-electron chi connectivity index (χ4n) is 1.44. The number of rotatable bonds is 1. The molecule has 2 aromatic rings. The van der Waals surface area contributed by atoms with Crippen LogP contribution < -0.4 is 5.32 Å². The largest absolute Gasteiger partial charge is 0.388 e. The fourth-order valence-corrected chi connectivity index (χ4v) is 1.44. The molecule has 0 fully saturated rings. The minimum absolute atomic E-state index is 0. The van der Waals surface area contributed by atoms with Gasteiger partial charge in [-0.25, -0.2) is 0 Å². The van der Waals surface area contributed by atoms with Gasteiger partial charge >= 0.3 is 0 Å². The van der Waals surface area contributed by atoms with Gasteiger partial charge in [-0.3, -0.25) is 0 Å². The minimum atomic E-state index is 0. The Labute approximate surface area is 95.2 Å². The van der Waals surface area contributed by atoms with Crippen molar-refractivity contribution in [3.8, 4) is 0 Å². The summed E-state index contributed by atoms with van der Waals surface area (Å²) in [6, 6.07) is 14.6. The van der Waals surface area contributed by atoms with Crippen molar-refractivity contribution < 1.29 is 0 Å². The Morgan fingerprint density at radius 2 is 1.62 bits per heavy atom. The zero-order valence-corrected chi connectivity index (χ0v) is 9.78. The van der Waals surface area contributed by atoms with Gasteiger partial charge < -0.3 is 5.32 Å². The summed E-state index contributed by atoms with van der Waals surface area (Å²) in [4.78, 5) is 0. The van der Waals surface area contributed by atoms with E-state index in [4.69, 9.17) is 0 Å². The van der Waals surface area contributed by atoms with E-state index in [2.05, 4.69) is 47.8 Å². The number of nitrogens with one attached hydrogen (secondary N) is 1. The van der Waals surface area contributed by atoms with E-state index in [9.17, 15) is 0 Å². The Bertz CT molecular complexity index is 393. The summed E-state index contributed by atoms with van der Waals surface area (Å²) < 4.78 is 0. The van der Waals surface area contributed by atoms with Gasteiger partial charge in [0.15, 0.2) is 0 Å². The molecule has 0 radical (unpaired) electrons. The molecular weight excluding hydrogens is 273 g/mol. The summed E-state index contributed by atoms with van der Waals surface area (Å²) in [6.07, 6.45) is 0. The maximum absolute atomic E-state index is 3.17. The molecule has 1 nitrogen and oxygen atoms in total. The molecular formula is C11H12IN. The maximum Gasteiger partial charge on any atom is 0.0417 e. The number of hydrogen-bond donors (Lipinski definition) is 1. The Morgan fingerprint density at radius 1 is 0.923 bits per heavy atom. The third kappa shape index (κ3) is 1.94. The van der Waals surface area contributed by atoms with E-state index in [-0.39, 0.29) is 24.0 Å². The first-order chi connectivity index (χ1) is 5.92. The van der Waals surface area contributed by atoms with Gasteiger partial charge in [-0.2, -0.15) is 0 Å². The monoisotopic (exact) mass is 285 g/mol. The van der Waals surface area contributed by atoms with Crippen LogP contribution in [0.3, 0.4) is 0 Å². The van der Waals surface area contributed by atoms with Crippen molar-refractivity contribution in [1.29, 1.82) is 0 Å². The van der Waals surface area contributed by atoms with Crippen molar-refractivity contribution >= 4 is 40.4 Å². The lowest BCUT2D eigenvalue weighted by Gasteiger charge is -2.04. The third-order valence-corrected chi connectivity index (χ3v) is 2.06. The molecule has 68 valence electrons. The molecule has 0 aromatic heterocycles. The van der Waals surface area contributed by atoms with Crippen molar-refractivity contribution in [2.45, 2.75) is 0 Å². The van der Waals surface area contributed by atoms with Gasteiger partial charge in [-0.1, -0.05) is 36.4 Å². The summed E-state index contributed by atoms with van der Waals surface area (Å²) >= 11 is 0. The summed E-state index contributed by atoms with van der Waals surface area (Å²) in [6.45, 7) is 0. The summed E-state index contributed by atoms with van der Waals surface area (Å²) in [5.41, 5.74) is 1.19. The first-order valence-corrected chi connectivity index (χ1v) is 4.07. The fraction of sp³-hybridized carbons (Fsp3) is 0.0909. The highest BCUT2D eigenvalue weighted by Crippen LogP contribution is 2.21. The van der Waals surface area contributed by atoms with E-state index in [1.807, 2.05) is 7.05 Å². The van der Waals surface area contributed by atoms with Crippen molar-refractivity contribution in [1.82, 2.24) is 0 Å². The molecule has 0 heterocycles. The van der Waals surface area contributed by atoms with Gasteiger partial charge in [0.25, 0.3) is 0 Å². The van der Waals surface area contributed by atoms with Gasteiger partial charge in [0.05, 0.1) is 0 Å². The van der Waals surface area contributed by atoms with Crippen LogP contribution in [0.5, 0.6) is 0 Å². The lowest BCUT2D eigenvalue weighted by molar-refractivity contribution is 1.55. The van der Waals surface area contributed by atoms with Crippen LogP contribution in [-0.2, 0) is 0 Å². The molecule has 0 aliphatic heterocycles. The van der Waals surface area contributed by atoms with E-state index in [0.29, 0.717) is 0 Å². The van der Waals surface area contributed by atoms with Gasteiger partial charge in [0.2, 0.25) is 0 Å². The second-order valence-corrected chi connectivity index (χ2v) is 2.78. The van der Waals surface area contributed by atoms with Crippen LogP contribution in [-0.4, -0.2) is 7.05 Å². The normalized spacial score (nSPS) is 9.31. The van der Waals surface area contributed by atoms with E-state index in [0.717, 1.165) is 0 Å². The van der Waals surface area contributed by atoms with Crippen LogP contribution in [0.1, 0.15) is 0 Å². The molecule has 0 saturated carbocycles. The first kappa shape index (κ1) is 10.3. The molecule has 1 N–H and O–H groups in total. The highest BCUT2D eigenvalue weighted by atomic mass is 127. The average molecular weight is 285 g/mol. The molecule has 2 rings (SSSR count). The number of benzene rings is 2. The van der Waals surface area contributed by atoms with Crippen molar-refractivity contribution in [2.24, 2.45) is 0 Å². The predicted octanol–water partition coefficient (Wildman–Crippen LogP) is 3.50. The molecule has 2 heteroatoms. The molecule has 0 amide bonds. The average Bonchev–Trinajstić information content (AvgIpc) is 2.17. The van der Waals surface area contributed by atoms with Crippen LogP contribution in [0.4, 0.5) is 5.69 Å². The number of fused-ring (bicyclic) bond motifs is 1. The van der Waals surface area contributed by atoms with Crippen molar-refractivity contribution in [3.63, 3.8) is 0 Å². The second kappa shape index (κ2) is 4.46. The SMILES string of the molecule is CNc1cccc2ccccc12.I. The van der Waals surface area contributed by atoms with Crippen LogP contribution in [0.25, 0.3) is 10.8 Å². The highest BCUT2D eigenvalue weighted by Gasteiger charge is 1.95. The molecule has 0 unspecified atom stereocenters. The van der Waals surface area contributed by atoms with Crippen LogP contribution in [0, 0.1) is 0 Å². The summed E-state index contributed by atoms with van der Waals surface area (Å²) in [7, 11) is 1.95. The van der Waals surface area contributed by atoms with Gasteiger partial charge in [0, 0.05) is 18.1 Å². The molecule has 2 aromatic carbocycles. The number of hydrogen-bond acceptors (Lipinski definition) is 1. The predicted molar refractivity (Wildman–Crippen MR) is 68.9 cm³/mol. The van der Waals surface area contributed by atoms with Gasteiger partial charge in [-0.15, -0.1) is 24.0 Å². The molecule has 0 spiro atoms. The van der Waals surface area contributed by atoms with E-state index >= 15 is 0 Å². The Morgan fingerprint density at radius 3 is 2.38 bits per heavy atom. The topological polar surface area (TPSA) is 12.0 Å². The van der Waals surface area contributed by atoms with Crippen LogP contribution >= 0.6 is 24.0 Å². The van der Waals surface area contributed by atoms with Crippen LogP contribution in [0.2, 0.25) is 0 Å². The highest BCUT2D eigenvalue weighted by molar-refractivity contribution is 14.0. The lowest BCUT2D eigenvalue weighted by atomic mass is 10.1. The Kier molecular flexibility index (Phi) is 3.54. The first-order valence-electron chi connectivity index (χ1n) is 4.07. The summed E-state index contributed by atoms with van der Waals surface area (Å²) in [5.74, 6) is 0. The van der Waals surface area contributed by atoms with E-state index in [1.54, 1.807) is 0 Å². The molecule has 0 aliphatic rings. The lowest BCUT2D eigenvalue weighted by Crippen LogP contribution is -1.88. The Balaban J connectivity index is 0.000000845. The van der Waals surface area contributed by atoms with Gasteiger partial charge in [-0.05, 0) is 11.5 Å². The van der Waals surface area contributed by atoms with E-state index in [1.165, 1.54) is 16.5 Å². The molecule has 0 bridgehead atoms. The van der Waals surface area contributed by atoms with E-state index < -0.39 is 0 Å². The smallest absolute Gasteiger partial charge is 0.0417 e. The third-order valence-electron chi connectivity index (χ3n) is 2.06. The van der Waals surface area contributed by atoms with Crippen molar-refractivity contribution in [3.05, 3.63) is 42.5 Å². The molecule has 0 atom stereocenters. The summed E-state index contributed by atoms with van der Waals surface area (Å²) in [5, 5.41) is 5.73. The number of anilines is 1. The Hall–Kier alpha value is -0.770. The molecule has 13 heavy (non-hydrogen) atoms.